The van der Waals surface area contributed by atoms with E-state index in [0.29, 0.717) is 0 Å². The van der Waals surface area contributed by atoms with Crippen LogP contribution < -0.4 is 5.32 Å². The Morgan fingerprint density at radius 2 is 1.91 bits per heavy atom. The standard InChI is InChI=1S/C18H23NO4/c1-11(2)23-18(21)5-6-19-17(20)9-14-10-22-16-8-13(4)12(3)7-15(14)16/h7-8,10-11H,5-6,9H2,1-4H3,(H,19,20). The number of furan rings is 1. The number of hydrogen-bond donors (Lipinski definition) is 1. The summed E-state index contributed by atoms with van der Waals surface area (Å²) in [5, 5.41) is 3.69. The highest BCUT2D eigenvalue weighted by molar-refractivity contribution is 5.88. The van der Waals surface area contributed by atoms with Crippen molar-refractivity contribution in [1.29, 1.82) is 0 Å². The maximum absolute atomic E-state index is 12.0. The highest BCUT2D eigenvalue weighted by Crippen LogP contribution is 2.25. The van der Waals surface area contributed by atoms with Crippen LogP contribution in [0.25, 0.3) is 11.0 Å². The Bertz CT molecular complexity index is 715. The molecule has 23 heavy (non-hydrogen) atoms. The minimum Gasteiger partial charge on any atom is -0.464 e. The number of rotatable bonds is 6. The summed E-state index contributed by atoms with van der Waals surface area (Å²) in [5.41, 5.74) is 3.96. The second-order valence-corrected chi connectivity index (χ2v) is 6.01. The van der Waals surface area contributed by atoms with Gasteiger partial charge in [-0.05, 0) is 51.0 Å². The number of hydrogen-bond acceptors (Lipinski definition) is 4. The van der Waals surface area contributed by atoms with E-state index >= 15 is 0 Å². The molecule has 1 aromatic carbocycles. The van der Waals surface area contributed by atoms with Crippen LogP contribution in [0, 0.1) is 13.8 Å². The minimum atomic E-state index is -0.305. The third kappa shape index (κ3) is 4.58. The number of carbonyl (C=O) groups is 2. The zero-order chi connectivity index (χ0) is 17.0. The first-order chi connectivity index (χ1) is 10.9. The zero-order valence-corrected chi connectivity index (χ0v) is 14.1. The van der Waals surface area contributed by atoms with E-state index < -0.39 is 0 Å². The van der Waals surface area contributed by atoms with Crippen LogP contribution in [0.3, 0.4) is 0 Å². The van der Waals surface area contributed by atoms with Crippen LogP contribution in [-0.4, -0.2) is 24.5 Å². The van der Waals surface area contributed by atoms with Crippen LogP contribution in [0.4, 0.5) is 0 Å². The molecule has 1 aromatic heterocycles. The van der Waals surface area contributed by atoms with Gasteiger partial charge < -0.3 is 14.5 Å². The summed E-state index contributed by atoms with van der Waals surface area (Å²) >= 11 is 0. The van der Waals surface area contributed by atoms with Gasteiger partial charge in [-0.3, -0.25) is 9.59 Å². The molecule has 0 aliphatic rings. The van der Waals surface area contributed by atoms with Crippen molar-refractivity contribution < 1.29 is 18.7 Å². The number of nitrogens with one attached hydrogen (secondary N) is 1. The predicted octanol–water partition coefficient (Wildman–Crippen LogP) is 3.05. The summed E-state index contributed by atoms with van der Waals surface area (Å²) in [6.45, 7) is 7.93. The van der Waals surface area contributed by atoms with E-state index in [9.17, 15) is 9.59 Å². The van der Waals surface area contributed by atoms with Crippen LogP contribution >= 0.6 is 0 Å². The lowest BCUT2D eigenvalue weighted by Crippen LogP contribution is -2.28. The Balaban J connectivity index is 1.91. The van der Waals surface area contributed by atoms with E-state index in [1.807, 2.05) is 26.0 Å². The van der Waals surface area contributed by atoms with Gasteiger partial charge in [0.2, 0.25) is 5.91 Å². The molecule has 5 heteroatoms. The number of aryl methyl sites for hydroxylation is 2. The lowest BCUT2D eigenvalue weighted by Gasteiger charge is -2.08. The van der Waals surface area contributed by atoms with Gasteiger partial charge in [-0.15, -0.1) is 0 Å². The molecule has 0 atom stereocenters. The maximum Gasteiger partial charge on any atom is 0.307 e. The lowest BCUT2D eigenvalue weighted by atomic mass is 10.0. The second-order valence-electron chi connectivity index (χ2n) is 6.01. The number of carbonyl (C=O) groups excluding carboxylic acids is 2. The Kier molecular flexibility index (Phi) is 5.42. The zero-order valence-electron chi connectivity index (χ0n) is 14.1. The number of amides is 1. The van der Waals surface area contributed by atoms with Gasteiger partial charge in [0.15, 0.2) is 0 Å². The average Bonchev–Trinajstić information content (AvgIpc) is 2.81. The Labute approximate surface area is 136 Å². The first-order valence-corrected chi connectivity index (χ1v) is 7.80. The van der Waals surface area contributed by atoms with E-state index in [4.69, 9.17) is 9.15 Å². The molecule has 0 unspecified atom stereocenters. The third-order valence-corrected chi connectivity index (χ3v) is 3.64. The van der Waals surface area contributed by atoms with Crippen LogP contribution in [0.5, 0.6) is 0 Å². The number of ether oxygens (including phenoxy) is 1. The molecule has 0 fully saturated rings. The molecule has 0 radical (unpaired) electrons. The SMILES string of the molecule is Cc1cc2occ(CC(=O)NCCC(=O)OC(C)C)c2cc1C. The summed E-state index contributed by atoms with van der Waals surface area (Å²) in [5.74, 6) is -0.441. The monoisotopic (exact) mass is 317 g/mol. The molecule has 1 N–H and O–H groups in total. The van der Waals surface area contributed by atoms with Gasteiger partial charge in [0.1, 0.15) is 5.58 Å². The summed E-state index contributed by atoms with van der Waals surface area (Å²) in [6, 6.07) is 4.02. The Morgan fingerprint density at radius 3 is 2.61 bits per heavy atom. The number of esters is 1. The van der Waals surface area contributed by atoms with Gasteiger partial charge in [-0.2, -0.15) is 0 Å². The molecule has 5 nitrogen and oxygen atoms in total. The fraction of sp³-hybridized carbons (Fsp3) is 0.444. The van der Waals surface area contributed by atoms with Gasteiger partial charge in [-0.25, -0.2) is 0 Å². The molecule has 0 saturated carbocycles. The highest BCUT2D eigenvalue weighted by atomic mass is 16.5. The molecule has 0 aliphatic heterocycles. The molecule has 2 aromatic rings. The van der Waals surface area contributed by atoms with Gasteiger partial charge in [0.25, 0.3) is 0 Å². The van der Waals surface area contributed by atoms with Gasteiger partial charge in [0, 0.05) is 17.5 Å². The molecular weight excluding hydrogens is 294 g/mol. The van der Waals surface area contributed by atoms with Crippen LogP contribution in [0.2, 0.25) is 0 Å². The lowest BCUT2D eigenvalue weighted by molar-refractivity contribution is -0.147. The number of benzene rings is 1. The van der Waals surface area contributed by atoms with Crippen LogP contribution in [-0.2, 0) is 20.7 Å². The predicted molar refractivity (Wildman–Crippen MR) is 88.2 cm³/mol. The smallest absolute Gasteiger partial charge is 0.307 e. The van der Waals surface area contributed by atoms with Crippen LogP contribution in [0.1, 0.15) is 37.0 Å². The van der Waals surface area contributed by atoms with E-state index in [-0.39, 0.29) is 37.4 Å². The van der Waals surface area contributed by atoms with Gasteiger partial charge in [-0.1, -0.05) is 0 Å². The molecule has 124 valence electrons. The van der Waals surface area contributed by atoms with Gasteiger partial charge >= 0.3 is 5.97 Å². The summed E-state index contributed by atoms with van der Waals surface area (Å²) < 4.78 is 10.5. The molecule has 2 rings (SSSR count). The van der Waals surface area contributed by atoms with Crippen molar-refractivity contribution in [2.75, 3.05) is 6.54 Å². The maximum atomic E-state index is 12.0. The summed E-state index contributed by atoms with van der Waals surface area (Å²) in [7, 11) is 0. The van der Waals surface area contributed by atoms with Crippen molar-refractivity contribution in [2.45, 2.75) is 46.6 Å². The molecule has 1 amide bonds. The summed E-state index contributed by atoms with van der Waals surface area (Å²) in [6.07, 6.45) is 1.89. The number of fused-ring (bicyclic) bond motifs is 1. The third-order valence-electron chi connectivity index (χ3n) is 3.64. The normalized spacial score (nSPS) is 11.0. The average molecular weight is 317 g/mol. The largest absolute Gasteiger partial charge is 0.464 e. The van der Waals surface area contributed by atoms with E-state index in [1.165, 1.54) is 0 Å². The van der Waals surface area contributed by atoms with Gasteiger partial charge in [0.05, 0.1) is 25.2 Å². The van der Waals surface area contributed by atoms with Crippen molar-refractivity contribution in [3.63, 3.8) is 0 Å². The van der Waals surface area contributed by atoms with E-state index in [0.717, 1.165) is 27.7 Å². The molecule has 0 spiro atoms. The van der Waals surface area contributed by atoms with Crippen molar-refractivity contribution in [2.24, 2.45) is 0 Å². The van der Waals surface area contributed by atoms with Crippen molar-refractivity contribution in [3.8, 4) is 0 Å². The van der Waals surface area contributed by atoms with Crippen molar-refractivity contribution in [1.82, 2.24) is 5.32 Å². The minimum absolute atomic E-state index is 0.136. The molecule has 0 aliphatic carbocycles. The fourth-order valence-corrected chi connectivity index (χ4v) is 2.33. The van der Waals surface area contributed by atoms with Crippen LogP contribution in [0.15, 0.2) is 22.8 Å². The second kappa shape index (κ2) is 7.31. The molecule has 1 heterocycles. The molecular formula is C18H23NO4. The topological polar surface area (TPSA) is 68.5 Å². The summed E-state index contributed by atoms with van der Waals surface area (Å²) in [4.78, 5) is 23.4. The highest BCUT2D eigenvalue weighted by Gasteiger charge is 2.12. The Morgan fingerprint density at radius 1 is 1.22 bits per heavy atom. The van der Waals surface area contributed by atoms with Crippen molar-refractivity contribution >= 4 is 22.8 Å². The molecule has 0 saturated heterocycles. The quantitative estimate of drug-likeness (QED) is 0.831. The fourth-order valence-electron chi connectivity index (χ4n) is 2.33. The Hall–Kier alpha value is -2.30. The first-order valence-electron chi connectivity index (χ1n) is 7.80. The molecule has 0 bridgehead atoms. The van der Waals surface area contributed by atoms with E-state index in [1.54, 1.807) is 20.1 Å². The first kappa shape index (κ1) is 17.1. The van der Waals surface area contributed by atoms with Crippen molar-refractivity contribution in [3.05, 3.63) is 35.1 Å². The van der Waals surface area contributed by atoms with E-state index in [2.05, 4.69) is 5.32 Å².